The Morgan fingerprint density at radius 3 is 2.40 bits per heavy atom. The first-order valence-electron chi connectivity index (χ1n) is 4.05. The molecule has 0 aliphatic carbocycles. The van der Waals surface area contributed by atoms with Crippen LogP contribution in [-0.2, 0) is 0 Å². The molecule has 0 aromatic heterocycles. The Hall–Kier alpha value is 0.700. The standard InChI is InChI=1S/C8H16S2/c1-3-5-8(2)9-6-4-7-10-8/h3-7H2,1-2H3. The Morgan fingerprint density at radius 2 is 1.90 bits per heavy atom. The van der Waals surface area contributed by atoms with Gasteiger partial charge in [-0.3, -0.25) is 0 Å². The van der Waals surface area contributed by atoms with E-state index in [0.717, 1.165) is 0 Å². The monoisotopic (exact) mass is 176 g/mol. The Kier molecular flexibility index (Phi) is 3.44. The van der Waals surface area contributed by atoms with E-state index in [0.29, 0.717) is 4.08 Å². The molecule has 0 unspecified atom stereocenters. The van der Waals surface area contributed by atoms with E-state index in [2.05, 4.69) is 37.4 Å². The van der Waals surface area contributed by atoms with E-state index >= 15 is 0 Å². The Labute approximate surface area is 72.5 Å². The Balaban J connectivity index is 2.32. The fourth-order valence-electron chi connectivity index (χ4n) is 1.28. The van der Waals surface area contributed by atoms with Crippen molar-refractivity contribution in [2.45, 2.75) is 37.2 Å². The van der Waals surface area contributed by atoms with Gasteiger partial charge in [0.05, 0.1) is 4.08 Å². The molecule has 2 heteroatoms. The van der Waals surface area contributed by atoms with Crippen molar-refractivity contribution in [1.29, 1.82) is 0 Å². The Bertz CT molecular complexity index is 89.9. The van der Waals surface area contributed by atoms with Crippen LogP contribution in [-0.4, -0.2) is 15.6 Å². The fourth-order valence-corrected chi connectivity index (χ4v) is 4.43. The first kappa shape index (κ1) is 8.79. The summed E-state index contributed by atoms with van der Waals surface area (Å²) in [5.41, 5.74) is 0. The molecule has 0 radical (unpaired) electrons. The molecule has 1 aliphatic rings. The summed E-state index contributed by atoms with van der Waals surface area (Å²) in [6, 6.07) is 0. The van der Waals surface area contributed by atoms with Gasteiger partial charge in [-0.1, -0.05) is 13.3 Å². The van der Waals surface area contributed by atoms with E-state index in [-0.39, 0.29) is 0 Å². The van der Waals surface area contributed by atoms with E-state index in [1.165, 1.54) is 30.8 Å². The molecule has 0 spiro atoms. The van der Waals surface area contributed by atoms with Crippen molar-refractivity contribution in [3.05, 3.63) is 0 Å². The largest absolute Gasteiger partial charge is 0.144 e. The molecular weight excluding hydrogens is 160 g/mol. The van der Waals surface area contributed by atoms with Crippen LogP contribution in [0.3, 0.4) is 0 Å². The van der Waals surface area contributed by atoms with Crippen LogP contribution >= 0.6 is 23.5 Å². The predicted octanol–water partition coefficient (Wildman–Crippen LogP) is 3.37. The second kappa shape index (κ2) is 3.91. The first-order valence-corrected chi connectivity index (χ1v) is 6.02. The van der Waals surface area contributed by atoms with Crippen LogP contribution in [0.1, 0.15) is 33.1 Å². The van der Waals surface area contributed by atoms with Crippen molar-refractivity contribution in [2.24, 2.45) is 0 Å². The zero-order valence-electron chi connectivity index (χ0n) is 6.85. The zero-order chi connectivity index (χ0) is 7.45. The lowest BCUT2D eigenvalue weighted by molar-refractivity contribution is 0.740. The summed E-state index contributed by atoms with van der Waals surface area (Å²) < 4.78 is 0.562. The van der Waals surface area contributed by atoms with E-state index in [1.807, 2.05) is 0 Å². The minimum Gasteiger partial charge on any atom is -0.144 e. The quantitative estimate of drug-likeness (QED) is 0.632. The maximum Gasteiger partial charge on any atom is 0.0583 e. The van der Waals surface area contributed by atoms with Gasteiger partial charge in [0.15, 0.2) is 0 Å². The molecule has 1 aliphatic heterocycles. The highest BCUT2D eigenvalue weighted by molar-refractivity contribution is 8.18. The highest BCUT2D eigenvalue weighted by Gasteiger charge is 2.26. The van der Waals surface area contributed by atoms with Gasteiger partial charge in [0.1, 0.15) is 0 Å². The molecule has 0 bridgehead atoms. The van der Waals surface area contributed by atoms with Gasteiger partial charge >= 0.3 is 0 Å². The highest BCUT2D eigenvalue weighted by atomic mass is 32.2. The molecule has 1 heterocycles. The van der Waals surface area contributed by atoms with E-state index < -0.39 is 0 Å². The molecule has 0 nitrogen and oxygen atoms in total. The molecule has 0 aromatic carbocycles. The first-order chi connectivity index (χ1) is 4.77. The van der Waals surface area contributed by atoms with Gasteiger partial charge in [0.2, 0.25) is 0 Å². The van der Waals surface area contributed by atoms with Gasteiger partial charge in [0.25, 0.3) is 0 Å². The summed E-state index contributed by atoms with van der Waals surface area (Å²) >= 11 is 4.31. The van der Waals surface area contributed by atoms with Crippen molar-refractivity contribution in [3.8, 4) is 0 Å². The smallest absolute Gasteiger partial charge is 0.0583 e. The second-order valence-electron chi connectivity index (χ2n) is 2.93. The van der Waals surface area contributed by atoms with E-state index in [1.54, 1.807) is 0 Å². The number of hydrogen-bond donors (Lipinski definition) is 0. The molecule has 0 saturated carbocycles. The van der Waals surface area contributed by atoms with Gasteiger partial charge in [-0.15, -0.1) is 23.5 Å². The molecule has 0 aromatic rings. The van der Waals surface area contributed by atoms with Crippen LogP contribution in [0.15, 0.2) is 0 Å². The van der Waals surface area contributed by atoms with E-state index in [4.69, 9.17) is 0 Å². The third-order valence-electron chi connectivity index (χ3n) is 1.81. The van der Waals surface area contributed by atoms with Crippen molar-refractivity contribution in [1.82, 2.24) is 0 Å². The molecule has 1 fully saturated rings. The predicted molar refractivity (Wildman–Crippen MR) is 52.8 cm³/mol. The molecular formula is C8H16S2. The molecule has 1 saturated heterocycles. The van der Waals surface area contributed by atoms with Gasteiger partial charge in [-0.25, -0.2) is 0 Å². The molecule has 10 heavy (non-hydrogen) atoms. The normalized spacial score (nSPS) is 24.6. The molecule has 1 rings (SSSR count). The minimum atomic E-state index is 0.562. The summed E-state index contributed by atoms with van der Waals surface area (Å²) in [7, 11) is 0. The van der Waals surface area contributed by atoms with Crippen molar-refractivity contribution in [2.75, 3.05) is 11.5 Å². The van der Waals surface area contributed by atoms with Crippen LogP contribution in [0.5, 0.6) is 0 Å². The van der Waals surface area contributed by atoms with Crippen molar-refractivity contribution in [3.63, 3.8) is 0 Å². The minimum absolute atomic E-state index is 0.562. The average Bonchev–Trinajstić information content (AvgIpc) is 1.89. The maximum atomic E-state index is 2.39. The molecule has 0 atom stereocenters. The number of thioether (sulfide) groups is 2. The third kappa shape index (κ3) is 2.39. The zero-order valence-corrected chi connectivity index (χ0v) is 8.49. The van der Waals surface area contributed by atoms with Crippen LogP contribution in [0.4, 0.5) is 0 Å². The van der Waals surface area contributed by atoms with Crippen LogP contribution in [0.25, 0.3) is 0 Å². The molecule has 0 N–H and O–H groups in total. The lowest BCUT2D eigenvalue weighted by Gasteiger charge is -2.31. The van der Waals surface area contributed by atoms with Gasteiger partial charge in [-0.2, -0.15) is 0 Å². The Morgan fingerprint density at radius 1 is 1.30 bits per heavy atom. The maximum absolute atomic E-state index is 2.39. The topological polar surface area (TPSA) is 0 Å². The third-order valence-corrected chi connectivity index (χ3v) is 5.13. The van der Waals surface area contributed by atoms with Crippen molar-refractivity contribution < 1.29 is 0 Å². The lowest BCUT2D eigenvalue weighted by atomic mass is 10.3. The molecule has 60 valence electrons. The second-order valence-corrected chi connectivity index (χ2v) is 6.39. The summed E-state index contributed by atoms with van der Waals surface area (Å²) in [6.07, 6.45) is 4.12. The molecule has 0 amide bonds. The number of rotatable bonds is 2. The fraction of sp³-hybridized carbons (Fsp3) is 1.00. The average molecular weight is 176 g/mol. The number of hydrogen-bond acceptors (Lipinski definition) is 2. The van der Waals surface area contributed by atoms with Gasteiger partial charge in [-0.05, 0) is 31.3 Å². The summed E-state index contributed by atoms with van der Waals surface area (Å²) in [5.74, 6) is 2.76. The highest BCUT2D eigenvalue weighted by Crippen LogP contribution is 2.44. The van der Waals surface area contributed by atoms with Crippen LogP contribution < -0.4 is 0 Å². The SMILES string of the molecule is CCCC1(C)SCCCS1. The lowest BCUT2D eigenvalue weighted by Crippen LogP contribution is -2.20. The van der Waals surface area contributed by atoms with E-state index in [9.17, 15) is 0 Å². The summed E-state index contributed by atoms with van der Waals surface area (Å²) in [4.78, 5) is 0. The van der Waals surface area contributed by atoms with Crippen LogP contribution in [0.2, 0.25) is 0 Å². The summed E-state index contributed by atoms with van der Waals surface area (Å²) in [6.45, 7) is 4.67. The van der Waals surface area contributed by atoms with Crippen molar-refractivity contribution >= 4 is 23.5 Å². The van der Waals surface area contributed by atoms with Gasteiger partial charge < -0.3 is 0 Å². The van der Waals surface area contributed by atoms with Gasteiger partial charge in [0, 0.05) is 0 Å². The summed E-state index contributed by atoms with van der Waals surface area (Å²) in [5, 5.41) is 0. The van der Waals surface area contributed by atoms with Crippen LogP contribution in [0, 0.1) is 0 Å².